The number of carbonyl (C=O) groups is 2. The molecule has 0 saturated carbocycles. The fraction of sp³-hybridized carbons (Fsp3) is 0.667. The Kier molecular flexibility index (Phi) is 4.47. The van der Waals surface area contributed by atoms with Gasteiger partial charge in [0.15, 0.2) is 0 Å². The van der Waals surface area contributed by atoms with Crippen molar-refractivity contribution >= 4 is 23.4 Å². The molecule has 0 spiro atoms. The van der Waals surface area contributed by atoms with Gasteiger partial charge in [-0.25, -0.2) is 4.79 Å². The standard InChI is InChI=1S/C12H17N3O3S/c1-3-5-8-10(19-14-13-8)11(16)15-7-4-6-9(15)12(17)18-2/h9H,3-7H2,1-2H3. The lowest BCUT2D eigenvalue weighted by molar-refractivity contribution is -0.145. The first-order valence-corrected chi connectivity index (χ1v) is 7.16. The Morgan fingerprint density at radius 2 is 2.32 bits per heavy atom. The van der Waals surface area contributed by atoms with Gasteiger partial charge < -0.3 is 9.64 Å². The number of aryl methyl sites for hydroxylation is 1. The number of rotatable bonds is 4. The first kappa shape index (κ1) is 13.9. The second kappa shape index (κ2) is 6.10. The minimum absolute atomic E-state index is 0.147. The average Bonchev–Trinajstić information content (AvgIpc) is 3.06. The molecule has 104 valence electrons. The highest BCUT2D eigenvalue weighted by Gasteiger charge is 2.36. The van der Waals surface area contributed by atoms with Gasteiger partial charge in [0.2, 0.25) is 0 Å². The molecule has 0 bridgehead atoms. The lowest BCUT2D eigenvalue weighted by Gasteiger charge is -2.22. The Labute approximate surface area is 115 Å². The van der Waals surface area contributed by atoms with Crippen molar-refractivity contribution in [1.29, 1.82) is 0 Å². The number of methoxy groups -OCH3 is 1. The van der Waals surface area contributed by atoms with Crippen molar-refractivity contribution in [3.05, 3.63) is 10.6 Å². The first-order chi connectivity index (χ1) is 9.19. The molecule has 1 atom stereocenters. The van der Waals surface area contributed by atoms with E-state index in [1.165, 1.54) is 7.11 Å². The van der Waals surface area contributed by atoms with E-state index in [-0.39, 0.29) is 11.9 Å². The number of esters is 1. The van der Waals surface area contributed by atoms with Gasteiger partial charge in [0, 0.05) is 6.54 Å². The first-order valence-electron chi connectivity index (χ1n) is 6.39. The predicted octanol–water partition coefficient (Wildman–Crippen LogP) is 1.27. The van der Waals surface area contributed by atoms with E-state index in [9.17, 15) is 9.59 Å². The number of hydrogen-bond acceptors (Lipinski definition) is 6. The number of nitrogens with zero attached hydrogens (tertiary/aromatic N) is 3. The van der Waals surface area contributed by atoms with Crippen molar-refractivity contribution in [2.24, 2.45) is 0 Å². The summed E-state index contributed by atoms with van der Waals surface area (Å²) in [4.78, 5) is 26.3. The Balaban J connectivity index is 2.18. The smallest absolute Gasteiger partial charge is 0.328 e. The van der Waals surface area contributed by atoms with Crippen LogP contribution in [-0.2, 0) is 16.0 Å². The van der Waals surface area contributed by atoms with Crippen LogP contribution < -0.4 is 0 Å². The molecular weight excluding hydrogens is 266 g/mol. The summed E-state index contributed by atoms with van der Waals surface area (Å²) in [6, 6.07) is -0.464. The fourth-order valence-electron chi connectivity index (χ4n) is 2.29. The van der Waals surface area contributed by atoms with E-state index in [1.807, 2.05) is 6.92 Å². The van der Waals surface area contributed by atoms with Crippen molar-refractivity contribution in [3.8, 4) is 0 Å². The van der Waals surface area contributed by atoms with Crippen molar-refractivity contribution in [2.75, 3.05) is 13.7 Å². The van der Waals surface area contributed by atoms with Crippen LogP contribution >= 0.6 is 11.5 Å². The third kappa shape index (κ3) is 2.75. The van der Waals surface area contributed by atoms with Crippen molar-refractivity contribution in [1.82, 2.24) is 14.5 Å². The molecule has 0 radical (unpaired) electrons. The summed E-state index contributed by atoms with van der Waals surface area (Å²) in [5.41, 5.74) is 0.730. The molecule has 1 aromatic heterocycles. The van der Waals surface area contributed by atoms with E-state index < -0.39 is 6.04 Å². The Morgan fingerprint density at radius 1 is 1.53 bits per heavy atom. The molecule has 1 aliphatic rings. The van der Waals surface area contributed by atoms with Gasteiger partial charge in [0.05, 0.1) is 12.8 Å². The van der Waals surface area contributed by atoms with Crippen LogP contribution in [0.2, 0.25) is 0 Å². The summed E-state index contributed by atoms with van der Waals surface area (Å²) < 4.78 is 8.60. The summed E-state index contributed by atoms with van der Waals surface area (Å²) in [6.07, 6.45) is 3.12. The Bertz CT molecular complexity index is 475. The van der Waals surface area contributed by atoms with Crippen LogP contribution in [0.1, 0.15) is 41.6 Å². The van der Waals surface area contributed by atoms with E-state index in [0.717, 1.165) is 36.5 Å². The maximum atomic E-state index is 12.5. The van der Waals surface area contributed by atoms with E-state index in [1.54, 1.807) is 4.90 Å². The molecule has 1 aliphatic heterocycles. The van der Waals surface area contributed by atoms with Gasteiger partial charge in [-0.1, -0.05) is 17.8 Å². The zero-order valence-electron chi connectivity index (χ0n) is 11.1. The maximum absolute atomic E-state index is 12.5. The number of amides is 1. The van der Waals surface area contributed by atoms with Gasteiger partial charge in [-0.15, -0.1) is 5.10 Å². The van der Waals surface area contributed by atoms with Gasteiger partial charge in [0.25, 0.3) is 5.91 Å². The molecule has 0 N–H and O–H groups in total. The topological polar surface area (TPSA) is 72.4 Å². The van der Waals surface area contributed by atoms with Crippen LogP contribution in [0, 0.1) is 0 Å². The van der Waals surface area contributed by atoms with Crippen LogP contribution in [-0.4, -0.2) is 46.1 Å². The number of aromatic nitrogens is 2. The second-order valence-electron chi connectivity index (χ2n) is 4.48. The van der Waals surface area contributed by atoms with Crippen LogP contribution in [0.15, 0.2) is 0 Å². The van der Waals surface area contributed by atoms with Crippen LogP contribution in [0.25, 0.3) is 0 Å². The third-order valence-corrected chi connectivity index (χ3v) is 3.98. The number of likely N-dealkylation sites (tertiary alicyclic amines) is 1. The van der Waals surface area contributed by atoms with Gasteiger partial charge in [-0.3, -0.25) is 4.79 Å². The summed E-state index contributed by atoms with van der Waals surface area (Å²) in [7, 11) is 1.35. The molecule has 2 heterocycles. The molecule has 7 heteroatoms. The molecule has 1 saturated heterocycles. The average molecular weight is 283 g/mol. The number of ether oxygens (including phenoxy) is 1. The maximum Gasteiger partial charge on any atom is 0.328 e. The molecular formula is C12H17N3O3S. The summed E-state index contributed by atoms with van der Waals surface area (Å²) in [6.45, 7) is 2.61. The highest BCUT2D eigenvalue weighted by Crippen LogP contribution is 2.24. The van der Waals surface area contributed by atoms with Gasteiger partial charge >= 0.3 is 5.97 Å². The largest absolute Gasteiger partial charge is 0.467 e. The van der Waals surface area contributed by atoms with Crippen LogP contribution in [0.4, 0.5) is 0 Å². The quantitative estimate of drug-likeness (QED) is 0.778. The van der Waals surface area contributed by atoms with E-state index in [0.29, 0.717) is 17.8 Å². The lowest BCUT2D eigenvalue weighted by Crippen LogP contribution is -2.41. The fourth-order valence-corrected chi connectivity index (χ4v) is 2.96. The zero-order valence-corrected chi connectivity index (χ0v) is 11.9. The summed E-state index contributed by atoms with van der Waals surface area (Å²) in [5.74, 6) is -0.494. The second-order valence-corrected chi connectivity index (χ2v) is 5.23. The zero-order chi connectivity index (χ0) is 13.8. The molecule has 1 amide bonds. The molecule has 19 heavy (non-hydrogen) atoms. The molecule has 2 rings (SSSR count). The minimum Gasteiger partial charge on any atom is -0.467 e. The SMILES string of the molecule is CCCc1nnsc1C(=O)N1CCCC1C(=O)OC. The van der Waals surface area contributed by atoms with Crippen LogP contribution in [0.5, 0.6) is 0 Å². The third-order valence-electron chi connectivity index (χ3n) is 3.22. The molecule has 0 aliphatic carbocycles. The number of hydrogen-bond donors (Lipinski definition) is 0. The summed E-state index contributed by atoms with van der Waals surface area (Å²) in [5, 5.41) is 3.99. The van der Waals surface area contributed by atoms with Gasteiger partial charge in [-0.2, -0.15) is 0 Å². The number of carbonyl (C=O) groups excluding carboxylic acids is 2. The molecule has 1 unspecified atom stereocenters. The lowest BCUT2D eigenvalue weighted by atomic mass is 10.2. The predicted molar refractivity (Wildman–Crippen MR) is 70.0 cm³/mol. The molecule has 6 nitrogen and oxygen atoms in total. The van der Waals surface area contributed by atoms with Gasteiger partial charge in [-0.05, 0) is 30.8 Å². The van der Waals surface area contributed by atoms with E-state index >= 15 is 0 Å². The Morgan fingerprint density at radius 3 is 3.00 bits per heavy atom. The Hall–Kier alpha value is -1.50. The van der Waals surface area contributed by atoms with Crippen molar-refractivity contribution in [2.45, 2.75) is 38.6 Å². The molecule has 1 aromatic rings. The summed E-state index contributed by atoms with van der Waals surface area (Å²) >= 11 is 1.10. The van der Waals surface area contributed by atoms with Crippen molar-refractivity contribution in [3.63, 3.8) is 0 Å². The highest BCUT2D eigenvalue weighted by atomic mass is 32.1. The van der Waals surface area contributed by atoms with E-state index in [2.05, 4.69) is 9.59 Å². The van der Waals surface area contributed by atoms with Crippen LogP contribution in [0.3, 0.4) is 0 Å². The minimum atomic E-state index is -0.464. The highest BCUT2D eigenvalue weighted by molar-refractivity contribution is 7.08. The van der Waals surface area contributed by atoms with Crippen molar-refractivity contribution < 1.29 is 14.3 Å². The monoisotopic (exact) mass is 283 g/mol. The molecule has 0 aromatic carbocycles. The normalized spacial score (nSPS) is 18.6. The molecule has 1 fully saturated rings. The van der Waals surface area contributed by atoms with Gasteiger partial charge in [0.1, 0.15) is 10.9 Å². The van der Waals surface area contributed by atoms with E-state index in [4.69, 9.17) is 4.74 Å².